The van der Waals surface area contributed by atoms with Crippen molar-refractivity contribution in [2.75, 3.05) is 0 Å². The summed E-state index contributed by atoms with van der Waals surface area (Å²) < 4.78 is 0. The molecule has 0 aromatic rings. The maximum absolute atomic E-state index is 9.90. The first kappa shape index (κ1) is 7.10. The van der Waals surface area contributed by atoms with E-state index in [1.807, 2.05) is 0 Å². The lowest BCUT2D eigenvalue weighted by Gasteiger charge is -1.94. The first-order valence-electron chi connectivity index (χ1n) is 2.02. The maximum Gasteiger partial charge on any atom is 0.223 e. The Balaban J connectivity index is 3.38. The van der Waals surface area contributed by atoms with Crippen LogP contribution in [0.4, 0.5) is 0 Å². The van der Waals surface area contributed by atoms with Crippen LogP contribution in [-0.2, 0) is 9.59 Å². The van der Waals surface area contributed by atoms with Gasteiger partial charge in [0, 0.05) is 0 Å². The maximum atomic E-state index is 9.90. The van der Waals surface area contributed by atoms with Crippen LogP contribution in [0.1, 0.15) is 0 Å². The number of rotatable bonds is 3. The molecule has 0 fully saturated rings. The van der Waals surface area contributed by atoms with Crippen molar-refractivity contribution in [2.24, 2.45) is 11.5 Å². The smallest absolute Gasteiger partial charge is 0.223 e. The van der Waals surface area contributed by atoms with Crippen molar-refractivity contribution in [1.82, 2.24) is 0 Å². The minimum absolute atomic E-state index is 0.435. The zero-order chi connectivity index (χ0) is 6.57. The Hall–Kier alpha value is -0.900. The summed E-state index contributed by atoms with van der Waals surface area (Å²) in [5.41, 5.74) is 9.59. The Kier molecular flexibility index (Phi) is 2.79. The Bertz CT molecular complexity index is 102. The molecule has 0 saturated carbocycles. The predicted molar refractivity (Wildman–Crippen MR) is 27.5 cm³/mol. The van der Waals surface area contributed by atoms with Crippen LogP contribution in [-0.4, -0.2) is 18.2 Å². The lowest BCUT2D eigenvalue weighted by atomic mass is 10.2. The number of carbonyl (C=O) groups is 2. The van der Waals surface area contributed by atoms with Crippen molar-refractivity contribution in [1.29, 1.82) is 0 Å². The average Bonchev–Trinajstić information content (AvgIpc) is 1.65. The highest BCUT2D eigenvalue weighted by molar-refractivity contribution is 5.87. The normalized spacial score (nSPS) is 12.6. The monoisotopic (exact) mass is 115 g/mol. The zero-order valence-corrected chi connectivity index (χ0v) is 4.20. The minimum atomic E-state index is -0.854. The lowest BCUT2D eigenvalue weighted by molar-refractivity contribution is -0.116. The van der Waals surface area contributed by atoms with E-state index >= 15 is 0 Å². The Morgan fingerprint density at radius 1 is 1.62 bits per heavy atom. The molecule has 0 unspecified atom stereocenters. The van der Waals surface area contributed by atoms with Crippen LogP contribution in [0.25, 0.3) is 0 Å². The van der Waals surface area contributed by atoms with Crippen molar-refractivity contribution in [3.63, 3.8) is 0 Å². The quantitative estimate of drug-likeness (QED) is 0.425. The highest BCUT2D eigenvalue weighted by atomic mass is 16.1. The molecule has 8 heavy (non-hydrogen) atoms. The van der Waals surface area contributed by atoms with Gasteiger partial charge in [-0.1, -0.05) is 0 Å². The lowest BCUT2D eigenvalue weighted by Crippen LogP contribution is -2.29. The molecule has 0 spiro atoms. The molecule has 1 radical (unpaired) electrons. The van der Waals surface area contributed by atoms with Gasteiger partial charge in [-0.3, -0.25) is 4.79 Å². The van der Waals surface area contributed by atoms with Crippen LogP contribution in [0, 0.1) is 6.42 Å². The average molecular weight is 115 g/mol. The highest BCUT2D eigenvalue weighted by Gasteiger charge is 2.02. The van der Waals surface area contributed by atoms with Crippen LogP contribution >= 0.6 is 0 Å². The summed E-state index contributed by atoms with van der Waals surface area (Å²) in [7, 11) is 0. The van der Waals surface area contributed by atoms with E-state index in [1.165, 1.54) is 0 Å². The molecule has 0 bridgehead atoms. The second-order valence-electron chi connectivity index (χ2n) is 1.28. The van der Waals surface area contributed by atoms with E-state index < -0.39 is 11.9 Å². The summed E-state index contributed by atoms with van der Waals surface area (Å²) in [6.45, 7) is 0. The second-order valence-corrected chi connectivity index (χ2v) is 1.28. The third-order valence-electron chi connectivity index (χ3n) is 0.514. The van der Waals surface area contributed by atoms with E-state index in [1.54, 1.807) is 0 Å². The van der Waals surface area contributed by atoms with Crippen molar-refractivity contribution in [3.05, 3.63) is 6.42 Å². The van der Waals surface area contributed by atoms with Crippen LogP contribution in [0.15, 0.2) is 0 Å². The molecule has 0 aromatic heterocycles. The number of aldehydes is 1. The molecule has 0 saturated heterocycles. The molecule has 45 valence electrons. The van der Waals surface area contributed by atoms with E-state index in [2.05, 4.69) is 5.73 Å². The molecule has 4 heteroatoms. The van der Waals surface area contributed by atoms with Gasteiger partial charge in [0.15, 0.2) is 0 Å². The zero-order valence-electron chi connectivity index (χ0n) is 4.20. The van der Waals surface area contributed by atoms with Gasteiger partial charge < -0.3 is 16.3 Å². The molecule has 0 rings (SSSR count). The Morgan fingerprint density at radius 3 is 2.25 bits per heavy atom. The molecule has 0 heterocycles. The Labute approximate surface area is 46.8 Å². The largest absolute Gasteiger partial charge is 0.369 e. The van der Waals surface area contributed by atoms with Gasteiger partial charge in [0.25, 0.3) is 0 Å². The highest BCUT2D eigenvalue weighted by Crippen LogP contribution is 1.76. The third kappa shape index (κ3) is 3.30. The van der Waals surface area contributed by atoms with Gasteiger partial charge in [-0.2, -0.15) is 0 Å². The van der Waals surface area contributed by atoms with Crippen LogP contribution in [0.2, 0.25) is 0 Å². The summed E-state index contributed by atoms with van der Waals surface area (Å²) >= 11 is 0. The topological polar surface area (TPSA) is 86.2 Å². The fourth-order valence-electron chi connectivity index (χ4n) is 0.229. The summed E-state index contributed by atoms with van der Waals surface area (Å²) in [6.07, 6.45) is 1.37. The number of primary amides is 1. The van der Waals surface area contributed by atoms with E-state index in [4.69, 9.17) is 5.73 Å². The van der Waals surface area contributed by atoms with Crippen molar-refractivity contribution in [2.45, 2.75) is 6.04 Å². The SMILES string of the molecule is NC(=O)[CH][C@H](N)C=O. The molecule has 0 aliphatic carbocycles. The van der Waals surface area contributed by atoms with Gasteiger partial charge >= 0.3 is 0 Å². The van der Waals surface area contributed by atoms with Gasteiger partial charge in [-0.25, -0.2) is 0 Å². The Morgan fingerprint density at radius 2 is 2.12 bits per heavy atom. The van der Waals surface area contributed by atoms with E-state index in [0.717, 1.165) is 6.42 Å². The number of nitrogens with two attached hydrogens (primary N) is 2. The third-order valence-corrected chi connectivity index (χ3v) is 0.514. The molecular formula is C4H7N2O2. The predicted octanol–water partition coefficient (Wildman–Crippen LogP) is -1.80. The second kappa shape index (κ2) is 3.15. The van der Waals surface area contributed by atoms with E-state index in [-0.39, 0.29) is 0 Å². The van der Waals surface area contributed by atoms with Gasteiger partial charge in [0.05, 0.1) is 12.5 Å². The van der Waals surface area contributed by atoms with Gasteiger partial charge in [0.1, 0.15) is 6.29 Å². The number of hydrogen-bond donors (Lipinski definition) is 2. The summed E-state index contributed by atoms with van der Waals surface area (Å²) in [4.78, 5) is 19.6. The van der Waals surface area contributed by atoms with Crippen molar-refractivity contribution < 1.29 is 9.59 Å². The van der Waals surface area contributed by atoms with E-state index in [9.17, 15) is 9.59 Å². The summed E-state index contributed by atoms with van der Waals surface area (Å²) in [5.74, 6) is -0.676. The first-order valence-corrected chi connectivity index (χ1v) is 2.02. The first-order chi connectivity index (χ1) is 3.66. The van der Waals surface area contributed by atoms with Gasteiger partial charge in [-0.05, 0) is 0 Å². The van der Waals surface area contributed by atoms with Crippen molar-refractivity contribution in [3.8, 4) is 0 Å². The number of hydrogen-bond acceptors (Lipinski definition) is 3. The number of carbonyl (C=O) groups excluding carboxylic acids is 2. The summed E-state index contributed by atoms with van der Waals surface area (Å²) in [5, 5.41) is 0. The van der Waals surface area contributed by atoms with Crippen LogP contribution < -0.4 is 11.5 Å². The minimum Gasteiger partial charge on any atom is -0.369 e. The van der Waals surface area contributed by atoms with Gasteiger partial charge in [0.2, 0.25) is 5.91 Å². The molecule has 1 atom stereocenters. The fourth-order valence-corrected chi connectivity index (χ4v) is 0.229. The van der Waals surface area contributed by atoms with Gasteiger partial charge in [-0.15, -0.1) is 0 Å². The van der Waals surface area contributed by atoms with E-state index in [0.29, 0.717) is 6.29 Å². The molecular weight excluding hydrogens is 108 g/mol. The fraction of sp³-hybridized carbons (Fsp3) is 0.250. The molecule has 1 amide bonds. The van der Waals surface area contributed by atoms with Crippen LogP contribution in [0.5, 0.6) is 0 Å². The molecule has 0 aliphatic rings. The number of amides is 1. The van der Waals surface area contributed by atoms with Crippen LogP contribution in [0.3, 0.4) is 0 Å². The van der Waals surface area contributed by atoms with Crippen molar-refractivity contribution >= 4 is 12.2 Å². The summed E-state index contributed by atoms with van der Waals surface area (Å²) in [6, 6.07) is -0.854. The molecule has 4 N–H and O–H groups in total. The molecule has 0 aliphatic heterocycles. The molecule has 0 aromatic carbocycles. The standard InChI is InChI=1S/C4H7N2O2/c5-3(2-7)1-4(6)8/h1-3H,5H2,(H2,6,8)/t3-/m0/s1. The molecule has 4 nitrogen and oxygen atoms in total.